The van der Waals surface area contributed by atoms with Crippen molar-refractivity contribution in [1.29, 1.82) is 0 Å². The van der Waals surface area contributed by atoms with Crippen LogP contribution >= 0.6 is 23.2 Å². The first-order valence-electron chi connectivity index (χ1n) is 8.34. The van der Waals surface area contributed by atoms with E-state index in [2.05, 4.69) is 4.98 Å². The first-order valence-corrected chi connectivity index (χ1v) is 9.10. The zero-order valence-corrected chi connectivity index (χ0v) is 15.5. The van der Waals surface area contributed by atoms with Gasteiger partial charge in [0.15, 0.2) is 0 Å². The number of benzene rings is 1. The van der Waals surface area contributed by atoms with Crippen molar-refractivity contribution in [3.8, 4) is 0 Å². The lowest BCUT2D eigenvalue weighted by molar-refractivity contribution is -0.145. The van der Waals surface area contributed by atoms with E-state index >= 15 is 0 Å². The third-order valence-electron chi connectivity index (χ3n) is 4.75. The number of rotatable bonds is 4. The Bertz CT molecular complexity index is 782. The van der Waals surface area contributed by atoms with Gasteiger partial charge >= 0.3 is 5.97 Å². The quantitative estimate of drug-likeness (QED) is 0.835. The average Bonchev–Trinajstić information content (AvgIpc) is 2.60. The van der Waals surface area contributed by atoms with Crippen molar-refractivity contribution in [1.82, 2.24) is 9.88 Å². The maximum atomic E-state index is 11.8. The molecule has 1 N–H and O–H groups in total. The maximum Gasteiger partial charge on any atom is 0.320 e. The molecule has 0 saturated carbocycles. The molecule has 0 amide bonds. The minimum Gasteiger partial charge on any atom is -0.480 e. The number of halogens is 2. The summed E-state index contributed by atoms with van der Waals surface area (Å²) >= 11 is 12.7. The van der Waals surface area contributed by atoms with Crippen LogP contribution in [0.1, 0.15) is 42.1 Å². The lowest BCUT2D eigenvalue weighted by atomic mass is 9.92. The molecule has 2 unspecified atom stereocenters. The van der Waals surface area contributed by atoms with Crippen molar-refractivity contribution in [2.75, 3.05) is 6.54 Å². The SMILES string of the molecule is Cc1cccnc1C(c1cccc(Cl)c1Cl)N1CCCCC1C(=O)O. The maximum absolute atomic E-state index is 11.8. The number of aryl methyl sites for hydroxylation is 1. The molecule has 1 aliphatic heterocycles. The number of piperidine rings is 1. The molecule has 1 aliphatic rings. The van der Waals surface area contributed by atoms with Gasteiger partial charge in [0.1, 0.15) is 6.04 Å². The van der Waals surface area contributed by atoms with E-state index in [1.54, 1.807) is 12.3 Å². The Balaban J connectivity index is 2.17. The highest BCUT2D eigenvalue weighted by molar-refractivity contribution is 6.42. The third-order valence-corrected chi connectivity index (χ3v) is 5.58. The Morgan fingerprint density at radius 3 is 2.80 bits per heavy atom. The van der Waals surface area contributed by atoms with Gasteiger partial charge in [-0.05, 0) is 49.6 Å². The van der Waals surface area contributed by atoms with E-state index in [1.165, 1.54) is 0 Å². The Hall–Kier alpha value is -1.62. The first-order chi connectivity index (χ1) is 12.0. The van der Waals surface area contributed by atoms with E-state index in [-0.39, 0.29) is 6.04 Å². The molecule has 0 radical (unpaired) electrons. The molecule has 3 rings (SSSR count). The molecule has 1 aromatic heterocycles. The van der Waals surface area contributed by atoms with E-state index < -0.39 is 12.0 Å². The summed E-state index contributed by atoms with van der Waals surface area (Å²) in [5.41, 5.74) is 2.61. The van der Waals surface area contributed by atoms with Crippen molar-refractivity contribution in [2.45, 2.75) is 38.3 Å². The predicted molar refractivity (Wildman–Crippen MR) is 99.3 cm³/mol. The smallest absolute Gasteiger partial charge is 0.320 e. The summed E-state index contributed by atoms with van der Waals surface area (Å²) in [5, 5.41) is 10.6. The molecule has 1 saturated heterocycles. The number of aromatic nitrogens is 1. The van der Waals surface area contributed by atoms with Gasteiger partial charge in [-0.15, -0.1) is 0 Å². The molecular formula is C19H20Cl2N2O2. The zero-order valence-electron chi connectivity index (χ0n) is 14.0. The van der Waals surface area contributed by atoms with Crippen LogP contribution in [0.25, 0.3) is 0 Å². The van der Waals surface area contributed by atoms with Crippen molar-refractivity contribution in [3.63, 3.8) is 0 Å². The van der Waals surface area contributed by atoms with Gasteiger partial charge < -0.3 is 5.11 Å². The summed E-state index contributed by atoms with van der Waals surface area (Å²) < 4.78 is 0. The molecule has 1 aromatic carbocycles. The fourth-order valence-corrected chi connectivity index (χ4v) is 3.94. The molecule has 2 heterocycles. The van der Waals surface area contributed by atoms with E-state index in [1.807, 2.05) is 36.1 Å². The highest BCUT2D eigenvalue weighted by Crippen LogP contribution is 2.39. The van der Waals surface area contributed by atoms with Crippen molar-refractivity contribution in [2.24, 2.45) is 0 Å². The number of carboxylic acids is 1. The number of nitrogens with zero attached hydrogens (tertiary/aromatic N) is 2. The second-order valence-corrected chi connectivity index (χ2v) is 7.12. The van der Waals surface area contributed by atoms with E-state index in [9.17, 15) is 9.90 Å². The number of hydrogen-bond donors (Lipinski definition) is 1. The molecule has 2 aromatic rings. The average molecular weight is 379 g/mol. The highest BCUT2D eigenvalue weighted by atomic mass is 35.5. The van der Waals surface area contributed by atoms with Crippen LogP contribution < -0.4 is 0 Å². The summed E-state index contributed by atoms with van der Waals surface area (Å²) in [6, 6.07) is 8.44. The fourth-order valence-electron chi connectivity index (χ4n) is 3.53. The normalized spacial score (nSPS) is 19.6. The van der Waals surface area contributed by atoms with Crippen LogP contribution in [0, 0.1) is 6.92 Å². The molecule has 0 aliphatic carbocycles. The number of hydrogen-bond acceptors (Lipinski definition) is 3. The van der Waals surface area contributed by atoms with Crippen LogP contribution in [-0.4, -0.2) is 33.5 Å². The van der Waals surface area contributed by atoms with Gasteiger partial charge in [-0.3, -0.25) is 14.7 Å². The summed E-state index contributed by atoms with van der Waals surface area (Å²) in [4.78, 5) is 18.4. The van der Waals surface area contributed by atoms with E-state index in [0.717, 1.165) is 29.7 Å². The predicted octanol–water partition coefficient (Wildman–Crippen LogP) is 4.73. The molecular weight excluding hydrogens is 359 g/mol. The van der Waals surface area contributed by atoms with Gasteiger partial charge in [0, 0.05) is 6.20 Å². The number of likely N-dealkylation sites (tertiary alicyclic amines) is 1. The molecule has 2 atom stereocenters. The number of aliphatic carboxylic acids is 1. The Kier molecular flexibility index (Phi) is 5.62. The fraction of sp³-hybridized carbons (Fsp3) is 0.368. The molecule has 132 valence electrons. The van der Waals surface area contributed by atoms with Crippen molar-refractivity contribution in [3.05, 3.63) is 63.4 Å². The van der Waals surface area contributed by atoms with Crippen LogP contribution in [0.15, 0.2) is 36.5 Å². The van der Waals surface area contributed by atoms with Gasteiger partial charge in [-0.25, -0.2) is 0 Å². The van der Waals surface area contributed by atoms with Gasteiger partial charge in [0.05, 0.1) is 21.8 Å². The third kappa shape index (κ3) is 3.66. The van der Waals surface area contributed by atoms with Gasteiger partial charge in [0.25, 0.3) is 0 Å². The highest BCUT2D eigenvalue weighted by Gasteiger charge is 2.37. The zero-order chi connectivity index (χ0) is 18.0. The summed E-state index contributed by atoms with van der Waals surface area (Å²) in [7, 11) is 0. The van der Waals surface area contributed by atoms with Gasteiger partial charge in [-0.2, -0.15) is 0 Å². The van der Waals surface area contributed by atoms with Crippen LogP contribution in [-0.2, 0) is 4.79 Å². The summed E-state index contributed by atoms with van der Waals surface area (Å²) in [5.74, 6) is -0.809. The second-order valence-electron chi connectivity index (χ2n) is 6.34. The standard InChI is InChI=1S/C19H20Cl2N2O2/c1-12-6-5-10-22-17(12)18(13-7-4-8-14(20)16(13)21)23-11-3-2-9-15(23)19(24)25/h4-8,10,15,18H,2-3,9,11H2,1H3,(H,24,25). The number of pyridine rings is 1. The summed E-state index contributed by atoms with van der Waals surface area (Å²) in [6.07, 6.45) is 4.21. The number of carbonyl (C=O) groups is 1. The lowest BCUT2D eigenvalue weighted by Crippen LogP contribution is -2.47. The first kappa shape index (κ1) is 18.2. The Morgan fingerprint density at radius 2 is 2.08 bits per heavy atom. The minimum absolute atomic E-state index is 0.339. The summed E-state index contributed by atoms with van der Waals surface area (Å²) in [6.45, 7) is 2.66. The largest absolute Gasteiger partial charge is 0.480 e. The molecule has 6 heteroatoms. The van der Waals surface area contributed by atoms with Crippen LogP contribution in [0.5, 0.6) is 0 Å². The topological polar surface area (TPSA) is 53.4 Å². The Labute approximate surface area is 157 Å². The van der Waals surface area contributed by atoms with Crippen LogP contribution in [0.4, 0.5) is 0 Å². The molecule has 1 fully saturated rings. The second kappa shape index (κ2) is 7.73. The molecule has 4 nitrogen and oxygen atoms in total. The molecule has 25 heavy (non-hydrogen) atoms. The minimum atomic E-state index is -0.809. The van der Waals surface area contributed by atoms with E-state index in [4.69, 9.17) is 23.2 Å². The molecule has 0 bridgehead atoms. The Morgan fingerprint density at radius 1 is 1.28 bits per heavy atom. The lowest BCUT2D eigenvalue weighted by Gasteiger charge is -2.39. The monoisotopic (exact) mass is 378 g/mol. The van der Waals surface area contributed by atoms with Crippen molar-refractivity contribution >= 4 is 29.2 Å². The van der Waals surface area contributed by atoms with Gasteiger partial charge in [0.2, 0.25) is 0 Å². The number of carboxylic acid groups (broad SMARTS) is 1. The van der Waals surface area contributed by atoms with Crippen LogP contribution in [0.2, 0.25) is 10.0 Å². The van der Waals surface area contributed by atoms with E-state index in [0.29, 0.717) is 23.0 Å². The molecule has 0 spiro atoms. The van der Waals surface area contributed by atoms with Crippen molar-refractivity contribution < 1.29 is 9.90 Å². The van der Waals surface area contributed by atoms with Gasteiger partial charge in [-0.1, -0.05) is 47.8 Å². The van der Waals surface area contributed by atoms with Crippen LogP contribution in [0.3, 0.4) is 0 Å².